The van der Waals surface area contributed by atoms with Crippen LogP contribution in [0.1, 0.15) is 24.1 Å². The van der Waals surface area contributed by atoms with E-state index in [-0.39, 0.29) is 12.1 Å². The lowest BCUT2D eigenvalue weighted by Gasteiger charge is -2.28. The quantitative estimate of drug-likeness (QED) is 0.878. The molecule has 0 spiro atoms. The molecular formula is C14H17N3O2. The van der Waals surface area contributed by atoms with E-state index in [4.69, 9.17) is 10.00 Å². The fourth-order valence-corrected chi connectivity index (χ4v) is 1.97. The van der Waals surface area contributed by atoms with Gasteiger partial charge < -0.3 is 15.0 Å². The topological polar surface area (TPSA) is 65.4 Å². The molecule has 1 aromatic rings. The Morgan fingerprint density at radius 2 is 2.00 bits per heavy atom. The highest BCUT2D eigenvalue weighted by Gasteiger charge is 2.18. The van der Waals surface area contributed by atoms with E-state index in [1.54, 1.807) is 17.0 Å². The Hall–Kier alpha value is -2.06. The maximum Gasteiger partial charge on any atom is 0.318 e. The Bertz CT molecular complexity index is 472. The number of benzene rings is 1. The fraction of sp³-hybridized carbons (Fsp3) is 0.429. The second-order valence-corrected chi connectivity index (χ2v) is 4.50. The first-order valence-corrected chi connectivity index (χ1v) is 6.34. The van der Waals surface area contributed by atoms with Crippen LogP contribution in [0.5, 0.6) is 0 Å². The van der Waals surface area contributed by atoms with E-state index in [0.717, 1.165) is 5.56 Å². The van der Waals surface area contributed by atoms with E-state index in [9.17, 15) is 4.79 Å². The molecule has 19 heavy (non-hydrogen) atoms. The fourth-order valence-electron chi connectivity index (χ4n) is 1.97. The number of carbonyl (C=O) groups excluding carboxylic acids is 1. The summed E-state index contributed by atoms with van der Waals surface area (Å²) in [5.74, 6) is 0. The molecule has 0 radical (unpaired) electrons. The van der Waals surface area contributed by atoms with E-state index >= 15 is 0 Å². The molecule has 1 fully saturated rings. The molecule has 5 heteroatoms. The highest BCUT2D eigenvalue weighted by molar-refractivity contribution is 5.74. The van der Waals surface area contributed by atoms with E-state index < -0.39 is 0 Å². The molecule has 5 nitrogen and oxygen atoms in total. The third kappa shape index (κ3) is 3.46. The molecular weight excluding hydrogens is 242 g/mol. The largest absolute Gasteiger partial charge is 0.378 e. The molecule has 2 rings (SSSR count). The van der Waals surface area contributed by atoms with Gasteiger partial charge in [-0.25, -0.2) is 4.79 Å². The minimum absolute atomic E-state index is 0.0693. The molecule has 1 atom stereocenters. The van der Waals surface area contributed by atoms with Gasteiger partial charge in [0, 0.05) is 13.1 Å². The predicted octanol–water partition coefficient (Wildman–Crippen LogP) is 1.66. The van der Waals surface area contributed by atoms with E-state index in [1.165, 1.54) is 0 Å². The van der Waals surface area contributed by atoms with Gasteiger partial charge in [-0.1, -0.05) is 12.1 Å². The summed E-state index contributed by atoms with van der Waals surface area (Å²) in [4.78, 5) is 13.8. The van der Waals surface area contributed by atoms with Crippen LogP contribution in [0.2, 0.25) is 0 Å². The van der Waals surface area contributed by atoms with E-state index in [2.05, 4.69) is 11.4 Å². The van der Waals surface area contributed by atoms with Crippen molar-refractivity contribution in [2.24, 2.45) is 0 Å². The summed E-state index contributed by atoms with van der Waals surface area (Å²) in [5.41, 5.74) is 1.61. The van der Waals surface area contributed by atoms with Gasteiger partial charge in [0.2, 0.25) is 0 Å². The maximum absolute atomic E-state index is 12.0. The zero-order valence-electron chi connectivity index (χ0n) is 10.9. The second-order valence-electron chi connectivity index (χ2n) is 4.50. The Morgan fingerprint density at radius 3 is 2.58 bits per heavy atom. The number of rotatable bonds is 2. The number of urea groups is 1. The van der Waals surface area contributed by atoms with Gasteiger partial charge in [0.15, 0.2) is 0 Å². The first kappa shape index (κ1) is 13.4. The van der Waals surface area contributed by atoms with Gasteiger partial charge in [-0.15, -0.1) is 0 Å². The number of carbonyl (C=O) groups is 1. The van der Waals surface area contributed by atoms with Crippen LogP contribution in [0.15, 0.2) is 24.3 Å². The zero-order chi connectivity index (χ0) is 13.7. The molecule has 1 unspecified atom stereocenters. The van der Waals surface area contributed by atoms with Crippen LogP contribution in [-0.4, -0.2) is 37.2 Å². The molecule has 100 valence electrons. The second kappa shape index (κ2) is 6.21. The van der Waals surface area contributed by atoms with Gasteiger partial charge in [-0.2, -0.15) is 5.26 Å². The SMILES string of the molecule is CC(NC(=O)N1CCOCC1)c1ccc(C#N)cc1. The average molecular weight is 259 g/mol. The van der Waals surface area contributed by atoms with Crippen molar-refractivity contribution in [3.05, 3.63) is 35.4 Å². The number of hydrogen-bond acceptors (Lipinski definition) is 3. The number of nitrogens with zero attached hydrogens (tertiary/aromatic N) is 2. The van der Waals surface area contributed by atoms with Gasteiger partial charge in [0.05, 0.1) is 30.9 Å². The summed E-state index contributed by atoms with van der Waals surface area (Å²) in [6, 6.07) is 9.17. The summed E-state index contributed by atoms with van der Waals surface area (Å²) in [7, 11) is 0. The van der Waals surface area contributed by atoms with Gasteiger partial charge in [0.25, 0.3) is 0 Å². The molecule has 0 aromatic heterocycles. The van der Waals surface area contributed by atoms with Gasteiger partial charge >= 0.3 is 6.03 Å². The number of ether oxygens (including phenoxy) is 1. The third-order valence-electron chi connectivity index (χ3n) is 3.18. The van der Waals surface area contributed by atoms with Crippen LogP contribution >= 0.6 is 0 Å². The highest BCUT2D eigenvalue weighted by Crippen LogP contribution is 2.13. The van der Waals surface area contributed by atoms with Crippen molar-refractivity contribution >= 4 is 6.03 Å². The summed E-state index contributed by atoms with van der Waals surface area (Å²) < 4.78 is 5.21. The van der Waals surface area contributed by atoms with Crippen molar-refractivity contribution in [1.82, 2.24) is 10.2 Å². The normalized spacial score (nSPS) is 16.5. The Kier molecular flexibility index (Phi) is 4.37. The van der Waals surface area contributed by atoms with Crippen molar-refractivity contribution in [2.75, 3.05) is 26.3 Å². The maximum atomic E-state index is 12.0. The van der Waals surface area contributed by atoms with Crippen molar-refractivity contribution in [3.63, 3.8) is 0 Å². The molecule has 1 heterocycles. The molecule has 0 bridgehead atoms. The lowest BCUT2D eigenvalue weighted by molar-refractivity contribution is 0.0526. The molecule has 1 aliphatic heterocycles. The molecule has 0 aliphatic carbocycles. The molecule has 1 saturated heterocycles. The lowest BCUT2D eigenvalue weighted by atomic mass is 10.1. The van der Waals surface area contributed by atoms with E-state index in [0.29, 0.717) is 31.9 Å². The first-order valence-electron chi connectivity index (χ1n) is 6.34. The Morgan fingerprint density at radius 1 is 1.37 bits per heavy atom. The van der Waals surface area contributed by atoms with Gasteiger partial charge in [0.1, 0.15) is 0 Å². The van der Waals surface area contributed by atoms with Gasteiger partial charge in [-0.05, 0) is 24.6 Å². The average Bonchev–Trinajstić information content (AvgIpc) is 2.48. The Labute approximate surface area is 112 Å². The summed E-state index contributed by atoms with van der Waals surface area (Å²) in [5, 5.41) is 11.7. The standard InChI is InChI=1S/C14H17N3O2/c1-11(13-4-2-12(10-15)3-5-13)16-14(18)17-6-8-19-9-7-17/h2-5,11H,6-9H2,1H3,(H,16,18). The highest BCUT2D eigenvalue weighted by atomic mass is 16.5. The molecule has 1 N–H and O–H groups in total. The number of nitriles is 1. The third-order valence-corrected chi connectivity index (χ3v) is 3.18. The number of morpholine rings is 1. The summed E-state index contributed by atoms with van der Waals surface area (Å²) >= 11 is 0. The van der Waals surface area contributed by atoms with Crippen molar-refractivity contribution in [3.8, 4) is 6.07 Å². The smallest absolute Gasteiger partial charge is 0.318 e. The minimum Gasteiger partial charge on any atom is -0.378 e. The van der Waals surface area contributed by atoms with Crippen LogP contribution in [0, 0.1) is 11.3 Å². The monoisotopic (exact) mass is 259 g/mol. The molecule has 1 aromatic carbocycles. The van der Waals surface area contributed by atoms with Crippen LogP contribution in [-0.2, 0) is 4.74 Å². The Balaban J connectivity index is 1.93. The number of hydrogen-bond donors (Lipinski definition) is 1. The number of nitrogens with one attached hydrogen (secondary N) is 1. The van der Waals surface area contributed by atoms with Crippen LogP contribution in [0.3, 0.4) is 0 Å². The van der Waals surface area contributed by atoms with Crippen molar-refractivity contribution in [1.29, 1.82) is 5.26 Å². The lowest BCUT2D eigenvalue weighted by Crippen LogP contribution is -2.46. The molecule has 1 aliphatic rings. The number of amides is 2. The van der Waals surface area contributed by atoms with Crippen molar-refractivity contribution in [2.45, 2.75) is 13.0 Å². The molecule has 2 amide bonds. The molecule has 0 saturated carbocycles. The van der Waals surface area contributed by atoms with Crippen LogP contribution in [0.25, 0.3) is 0 Å². The van der Waals surface area contributed by atoms with E-state index in [1.807, 2.05) is 19.1 Å². The van der Waals surface area contributed by atoms with Crippen molar-refractivity contribution < 1.29 is 9.53 Å². The van der Waals surface area contributed by atoms with Crippen LogP contribution in [0.4, 0.5) is 4.79 Å². The predicted molar refractivity (Wildman–Crippen MR) is 70.5 cm³/mol. The van der Waals surface area contributed by atoms with Gasteiger partial charge in [-0.3, -0.25) is 0 Å². The zero-order valence-corrected chi connectivity index (χ0v) is 10.9. The first-order chi connectivity index (χ1) is 9.20. The minimum atomic E-state index is -0.0805. The summed E-state index contributed by atoms with van der Waals surface area (Å²) in [6.07, 6.45) is 0. The summed E-state index contributed by atoms with van der Waals surface area (Å²) in [6.45, 7) is 4.38. The van der Waals surface area contributed by atoms with Crippen LogP contribution < -0.4 is 5.32 Å².